The molecule has 6 heteroatoms. The van der Waals surface area contributed by atoms with E-state index in [0.717, 1.165) is 6.42 Å². The van der Waals surface area contributed by atoms with Crippen LogP contribution in [0.15, 0.2) is 42.6 Å². The van der Waals surface area contributed by atoms with Gasteiger partial charge in [0.05, 0.1) is 0 Å². The van der Waals surface area contributed by atoms with Gasteiger partial charge in [-0.2, -0.15) is 0 Å². The van der Waals surface area contributed by atoms with Gasteiger partial charge < -0.3 is 14.8 Å². The minimum atomic E-state index is -0.270. The zero-order valence-electron chi connectivity index (χ0n) is 14.1. The van der Waals surface area contributed by atoms with Crippen LogP contribution in [0.4, 0.5) is 4.39 Å². The maximum atomic E-state index is 13.6. The highest BCUT2D eigenvalue weighted by molar-refractivity contribution is 5.92. The Balaban J connectivity index is 1.53. The van der Waals surface area contributed by atoms with Crippen LogP contribution in [0.3, 0.4) is 0 Å². The van der Waals surface area contributed by atoms with Crippen LogP contribution in [-0.4, -0.2) is 52.8 Å². The number of aromatic amines is 1. The SMILES string of the molecule is O=C(CCc1ccccc1F)N1CCCN(C(=O)c2ccc[nH]2)CC1. The number of nitrogens with zero attached hydrogens (tertiary/aromatic N) is 2. The second-order valence-corrected chi connectivity index (χ2v) is 6.20. The third kappa shape index (κ3) is 4.26. The van der Waals surface area contributed by atoms with Gasteiger partial charge in [0.25, 0.3) is 5.91 Å². The molecule has 0 saturated carbocycles. The minimum absolute atomic E-state index is 0.0115. The summed E-state index contributed by atoms with van der Waals surface area (Å²) in [4.78, 5) is 31.3. The van der Waals surface area contributed by atoms with Gasteiger partial charge in [-0.05, 0) is 36.6 Å². The van der Waals surface area contributed by atoms with Crippen LogP contribution in [0.1, 0.15) is 28.9 Å². The molecular weight excluding hydrogens is 321 g/mol. The molecule has 1 aliphatic heterocycles. The number of aryl methyl sites for hydroxylation is 1. The van der Waals surface area contributed by atoms with E-state index < -0.39 is 0 Å². The lowest BCUT2D eigenvalue weighted by atomic mass is 10.1. The number of H-pyrrole nitrogens is 1. The molecule has 1 saturated heterocycles. The summed E-state index contributed by atoms with van der Waals surface area (Å²) in [5.41, 5.74) is 1.13. The Kier molecular flexibility index (Phi) is 5.48. The van der Waals surface area contributed by atoms with E-state index in [1.165, 1.54) is 6.07 Å². The van der Waals surface area contributed by atoms with E-state index in [0.29, 0.717) is 43.9 Å². The van der Waals surface area contributed by atoms with Gasteiger partial charge in [-0.15, -0.1) is 0 Å². The Labute approximate surface area is 146 Å². The highest BCUT2D eigenvalue weighted by Crippen LogP contribution is 2.12. The Morgan fingerprint density at radius 3 is 2.52 bits per heavy atom. The van der Waals surface area contributed by atoms with Crippen molar-refractivity contribution in [1.29, 1.82) is 0 Å². The standard InChI is InChI=1S/C19H22FN3O2/c20-16-6-2-1-5-15(16)8-9-18(24)22-11-4-12-23(14-13-22)19(25)17-7-3-10-21-17/h1-3,5-7,10,21H,4,8-9,11-14H2. The average Bonchev–Trinajstić information content (AvgIpc) is 3.04. The third-order valence-corrected chi connectivity index (χ3v) is 4.53. The fourth-order valence-electron chi connectivity index (χ4n) is 3.10. The number of benzene rings is 1. The molecule has 0 aliphatic carbocycles. The molecule has 0 atom stereocenters. The number of hydrogen-bond donors (Lipinski definition) is 1. The molecule has 1 aromatic carbocycles. The van der Waals surface area contributed by atoms with Gasteiger partial charge in [0, 0.05) is 38.8 Å². The molecule has 0 unspecified atom stereocenters. The smallest absolute Gasteiger partial charge is 0.270 e. The van der Waals surface area contributed by atoms with Gasteiger partial charge in [-0.25, -0.2) is 4.39 Å². The number of rotatable bonds is 4. The molecule has 0 bridgehead atoms. The van der Waals surface area contributed by atoms with Crippen LogP contribution >= 0.6 is 0 Å². The summed E-state index contributed by atoms with van der Waals surface area (Å²) in [5, 5.41) is 0. The van der Waals surface area contributed by atoms with E-state index in [-0.39, 0.29) is 24.1 Å². The first-order chi connectivity index (χ1) is 12.1. The summed E-state index contributed by atoms with van der Waals surface area (Å²) in [5.74, 6) is -0.294. The topological polar surface area (TPSA) is 56.4 Å². The van der Waals surface area contributed by atoms with Gasteiger partial charge in [0.2, 0.25) is 5.91 Å². The molecule has 1 N–H and O–H groups in total. The van der Waals surface area contributed by atoms with Crippen molar-refractivity contribution in [2.24, 2.45) is 0 Å². The van der Waals surface area contributed by atoms with Crippen molar-refractivity contribution in [2.75, 3.05) is 26.2 Å². The number of carbonyl (C=O) groups excluding carboxylic acids is 2. The lowest BCUT2D eigenvalue weighted by molar-refractivity contribution is -0.131. The molecule has 2 aromatic rings. The zero-order chi connectivity index (χ0) is 17.6. The Morgan fingerprint density at radius 2 is 1.76 bits per heavy atom. The largest absolute Gasteiger partial charge is 0.357 e. The van der Waals surface area contributed by atoms with E-state index in [4.69, 9.17) is 0 Å². The predicted molar refractivity (Wildman–Crippen MR) is 92.6 cm³/mol. The van der Waals surface area contributed by atoms with Gasteiger partial charge >= 0.3 is 0 Å². The van der Waals surface area contributed by atoms with Gasteiger partial charge in [0.1, 0.15) is 11.5 Å². The van der Waals surface area contributed by atoms with Gasteiger partial charge in [0.15, 0.2) is 0 Å². The lowest BCUT2D eigenvalue weighted by Gasteiger charge is -2.22. The summed E-state index contributed by atoms with van der Waals surface area (Å²) in [6.45, 7) is 2.30. The van der Waals surface area contributed by atoms with Crippen LogP contribution in [-0.2, 0) is 11.2 Å². The van der Waals surface area contributed by atoms with E-state index in [9.17, 15) is 14.0 Å². The van der Waals surface area contributed by atoms with Gasteiger partial charge in [-0.3, -0.25) is 9.59 Å². The summed E-state index contributed by atoms with van der Waals surface area (Å²) in [7, 11) is 0. The normalized spacial score (nSPS) is 15.1. The molecule has 3 rings (SSSR count). The molecule has 0 spiro atoms. The summed E-state index contributed by atoms with van der Waals surface area (Å²) in [6.07, 6.45) is 3.15. The fraction of sp³-hybridized carbons (Fsp3) is 0.368. The lowest BCUT2D eigenvalue weighted by Crippen LogP contribution is -2.37. The first kappa shape index (κ1) is 17.2. The van der Waals surface area contributed by atoms with E-state index in [1.807, 2.05) is 0 Å². The van der Waals surface area contributed by atoms with Crippen molar-refractivity contribution in [3.63, 3.8) is 0 Å². The number of nitrogens with one attached hydrogen (secondary N) is 1. The second-order valence-electron chi connectivity index (χ2n) is 6.20. The Morgan fingerprint density at radius 1 is 1.00 bits per heavy atom. The Hall–Kier alpha value is -2.63. The number of aromatic nitrogens is 1. The highest BCUT2D eigenvalue weighted by atomic mass is 19.1. The maximum absolute atomic E-state index is 13.6. The minimum Gasteiger partial charge on any atom is -0.357 e. The molecule has 5 nitrogen and oxygen atoms in total. The zero-order valence-corrected chi connectivity index (χ0v) is 14.1. The van der Waals surface area contributed by atoms with E-state index >= 15 is 0 Å². The molecule has 132 valence electrons. The molecule has 1 aromatic heterocycles. The predicted octanol–water partition coefficient (Wildman–Crippen LogP) is 2.46. The summed E-state index contributed by atoms with van der Waals surface area (Å²) < 4.78 is 13.6. The molecule has 2 amide bonds. The van der Waals surface area contributed by atoms with Crippen LogP contribution in [0.2, 0.25) is 0 Å². The monoisotopic (exact) mass is 343 g/mol. The molecule has 1 aliphatic rings. The fourth-order valence-corrected chi connectivity index (χ4v) is 3.10. The summed E-state index contributed by atoms with van der Waals surface area (Å²) >= 11 is 0. The van der Waals surface area contributed by atoms with Crippen molar-refractivity contribution in [3.8, 4) is 0 Å². The van der Waals surface area contributed by atoms with Crippen LogP contribution in [0, 0.1) is 5.82 Å². The maximum Gasteiger partial charge on any atom is 0.270 e. The molecule has 25 heavy (non-hydrogen) atoms. The van der Waals surface area contributed by atoms with Crippen molar-refractivity contribution < 1.29 is 14.0 Å². The number of hydrogen-bond acceptors (Lipinski definition) is 2. The summed E-state index contributed by atoms with van der Waals surface area (Å²) in [6, 6.07) is 10.1. The van der Waals surface area contributed by atoms with Gasteiger partial charge in [-0.1, -0.05) is 18.2 Å². The van der Waals surface area contributed by atoms with E-state index in [1.54, 1.807) is 46.3 Å². The van der Waals surface area contributed by atoms with Crippen LogP contribution in [0.25, 0.3) is 0 Å². The first-order valence-corrected chi connectivity index (χ1v) is 8.59. The van der Waals surface area contributed by atoms with Crippen LogP contribution < -0.4 is 0 Å². The molecule has 1 fully saturated rings. The average molecular weight is 343 g/mol. The first-order valence-electron chi connectivity index (χ1n) is 8.59. The van der Waals surface area contributed by atoms with Crippen molar-refractivity contribution in [3.05, 3.63) is 59.7 Å². The van der Waals surface area contributed by atoms with E-state index in [2.05, 4.69) is 4.98 Å². The third-order valence-electron chi connectivity index (χ3n) is 4.53. The quantitative estimate of drug-likeness (QED) is 0.927. The van der Waals surface area contributed by atoms with Crippen molar-refractivity contribution in [2.45, 2.75) is 19.3 Å². The Bertz CT molecular complexity index is 730. The number of halogens is 1. The van der Waals surface area contributed by atoms with Crippen molar-refractivity contribution in [1.82, 2.24) is 14.8 Å². The number of carbonyl (C=O) groups is 2. The highest BCUT2D eigenvalue weighted by Gasteiger charge is 2.23. The number of amides is 2. The molecular formula is C19H22FN3O2. The second kappa shape index (κ2) is 7.96. The molecule has 2 heterocycles. The molecule has 0 radical (unpaired) electrons. The van der Waals surface area contributed by atoms with Crippen LogP contribution in [0.5, 0.6) is 0 Å². The van der Waals surface area contributed by atoms with Crippen molar-refractivity contribution >= 4 is 11.8 Å².